The second kappa shape index (κ2) is 5.63. The summed E-state index contributed by atoms with van der Waals surface area (Å²) >= 11 is 0. The van der Waals surface area contributed by atoms with Crippen molar-refractivity contribution >= 4 is 11.8 Å². The Morgan fingerprint density at radius 1 is 1.36 bits per heavy atom. The lowest BCUT2D eigenvalue weighted by Gasteiger charge is -2.21. The van der Waals surface area contributed by atoms with Crippen LogP contribution in [0.25, 0.3) is 0 Å². The van der Waals surface area contributed by atoms with Gasteiger partial charge in [0.1, 0.15) is 0 Å². The molecular weight excluding hydrogens is 280 g/mol. The number of amides is 2. The van der Waals surface area contributed by atoms with E-state index in [-0.39, 0.29) is 18.4 Å². The molecule has 1 aliphatic heterocycles. The van der Waals surface area contributed by atoms with Crippen molar-refractivity contribution < 1.29 is 9.59 Å². The summed E-state index contributed by atoms with van der Waals surface area (Å²) in [6.07, 6.45) is 3.75. The number of carbonyl (C=O) groups is 2. The smallest absolute Gasteiger partial charge is 0.223 e. The van der Waals surface area contributed by atoms with Crippen molar-refractivity contribution in [3.05, 3.63) is 53.9 Å². The van der Waals surface area contributed by atoms with E-state index in [0.717, 1.165) is 11.1 Å². The maximum absolute atomic E-state index is 11.9. The molecule has 1 fully saturated rings. The maximum Gasteiger partial charge on any atom is 0.223 e. The highest BCUT2D eigenvalue weighted by Gasteiger charge is 2.42. The summed E-state index contributed by atoms with van der Waals surface area (Å²) in [5.41, 5.74) is 7.41. The van der Waals surface area contributed by atoms with Gasteiger partial charge < -0.3 is 10.6 Å². The van der Waals surface area contributed by atoms with Crippen LogP contribution in [-0.4, -0.2) is 33.5 Å². The van der Waals surface area contributed by atoms with E-state index in [1.165, 1.54) is 0 Å². The highest BCUT2D eigenvalue weighted by molar-refractivity contribution is 5.89. The zero-order valence-electron chi connectivity index (χ0n) is 12.3. The van der Waals surface area contributed by atoms with Crippen molar-refractivity contribution in [2.24, 2.45) is 11.7 Å². The summed E-state index contributed by atoms with van der Waals surface area (Å²) in [4.78, 5) is 25.0. The SMILES string of the molecule is CN1C(=O)C[C@@H](C(N)=O)[C@H]1c1cnn(Cc2ccccc2)c1. The van der Waals surface area contributed by atoms with Crippen LogP contribution in [0, 0.1) is 5.92 Å². The minimum atomic E-state index is -0.494. The Bertz CT molecular complexity index is 695. The van der Waals surface area contributed by atoms with Crippen molar-refractivity contribution in [2.45, 2.75) is 19.0 Å². The summed E-state index contributed by atoms with van der Waals surface area (Å²) in [6, 6.07) is 9.65. The van der Waals surface area contributed by atoms with Crippen LogP contribution < -0.4 is 5.73 Å². The van der Waals surface area contributed by atoms with Crippen LogP contribution in [0.15, 0.2) is 42.7 Å². The van der Waals surface area contributed by atoms with Gasteiger partial charge in [0.25, 0.3) is 0 Å². The predicted octanol–water partition coefficient (Wildman–Crippen LogP) is 0.936. The van der Waals surface area contributed by atoms with Gasteiger partial charge >= 0.3 is 0 Å². The molecular formula is C16H18N4O2. The number of likely N-dealkylation sites (tertiary alicyclic amines) is 1. The van der Waals surface area contributed by atoms with E-state index in [0.29, 0.717) is 6.54 Å². The first-order valence-corrected chi connectivity index (χ1v) is 7.17. The number of nitrogens with two attached hydrogens (primary N) is 1. The topological polar surface area (TPSA) is 81.2 Å². The summed E-state index contributed by atoms with van der Waals surface area (Å²) in [6.45, 7) is 0.645. The van der Waals surface area contributed by atoms with Crippen LogP contribution >= 0.6 is 0 Å². The monoisotopic (exact) mass is 298 g/mol. The van der Waals surface area contributed by atoms with Crippen LogP contribution in [0.5, 0.6) is 0 Å². The van der Waals surface area contributed by atoms with Crippen LogP contribution in [0.2, 0.25) is 0 Å². The molecule has 0 radical (unpaired) electrons. The molecule has 22 heavy (non-hydrogen) atoms. The molecule has 0 bridgehead atoms. The Kier molecular flexibility index (Phi) is 3.66. The third-order valence-corrected chi connectivity index (χ3v) is 4.13. The van der Waals surface area contributed by atoms with Gasteiger partial charge in [-0.05, 0) is 5.56 Å². The van der Waals surface area contributed by atoms with Crippen molar-refractivity contribution in [3.63, 3.8) is 0 Å². The number of nitrogens with zero attached hydrogens (tertiary/aromatic N) is 3. The van der Waals surface area contributed by atoms with E-state index in [9.17, 15) is 9.59 Å². The molecule has 1 aliphatic rings. The average molecular weight is 298 g/mol. The molecule has 6 nitrogen and oxygen atoms in total. The van der Waals surface area contributed by atoms with Gasteiger partial charge in [-0.25, -0.2) is 0 Å². The van der Waals surface area contributed by atoms with Crippen molar-refractivity contribution in [1.82, 2.24) is 14.7 Å². The molecule has 0 spiro atoms. The van der Waals surface area contributed by atoms with Crippen LogP contribution in [0.1, 0.15) is 23.6 Å². The van der Waals surface area contributed by atoms with Gasteiger partial charge in [-0.2, -0.15) is 5.10 Å². The molecule has 0 unspecified atom stereocenters. The first kappa shape index (κ1) is 14.3. The molecule has 6 heteroatoms. The molecule has 114 valence electrons. The van der Waals surface area contributed by atoms with Gasteiger partial charge in [0.05, 0.1) is 24.7 Å². The summed E-state index contributed by atoms with van der Waals surface area (Å²) in [7, 11) is 1.70. The summed E-state index contributed by atoms with van der Waals surface area (Å²) in [5, 5.41) is 4.34. The van der Waals surface area contributed by atoms with Crippen molar-refractivity contribution in [1.29, 1.82) is 0 Å². The van der Waals surface area contributed by atoms with Crippen LogP contribution in [-0.2, 0) is 16.1 Å². The van der Waals surface area contributed by atoms with E-state index in [1.54, 1.807) is 22.8 Å². The highest BCUT2D eigenvalue weighted by atomic mass is 16.2. The maximum atomic E-state index is 11.9. The lowest BCUT2D eigenvalue weighted by molar-refractivity contribution is -0.128. The standard InChI is InChI=1S/C16H18N4O2/c1-19-14(21)7-13(16(17)22)15(19)12-8-18-20(10-12)9-11-5-3-2-4-6-11/h2-6,8,10,13,15H,7,9H2,1H3,(H2,17,22)/t13-,15-/m1/s1. The van der Waals surface area contributed by atoms with Gasteiger partial charge in [0, 0.05) is 25.2 Å². The van der Waals surface area contributed by atoms with Gasteiger partial charge in [0.2, 0.25) is 11.8 Å². The Morgan fingerprint density at radius 2 is 2.09 bits per heavy atom. The summed E-state index contributed by atoms with van der Waals surface area (Å²) in [5.74, 6) is -1.00. The fourth-order valence-corrected chi connectivity index (χ4v) is 2.97. The first-order chi connectivity index (χ1) is 10.6. The molecule has 2 atom stereocenters. The average Bonchev–Trinajstić information content (AvgIpc) is 3.06. The first-order valence-electron chi connectivity index (χ1n) is 7.17. The molecule has 2 N–H and O–H groups in total. The summed E-state index contributed by atoms with van der Waals surface area (Å²) < 4.78 is 1.80. The molecule has 2 aromatic rings. The number of primary amides is 1. The molecule has 1 saturated heterocycles. The molecule has 1 aromatic heterocycles. The molecule has 1 aromatic carbocycles. The third kappa shape index (κ3) is 2.59. The zero-order valence-corrected chi connectivity index (χ0v) is 12.3. The Labute approximate surface area is 128 Å². The number of benzene rings is 1. The minimum Gasteiger partial charge on any atom is -0.369 e. The number of aromatic nitrogens is 2. The Balaban J connectivity index is 1.83. The second-order valence-corrected chi connectivity index (χ2v) is 5.62. The molecule has 2 amide bonds. The van der Waals surface area contributed by atoms with E-state index >= 15 is 0 Å². The fourth-order valence-electron chi connectivity index (χ4n) is 2.97. The van der Waals surface area contributed by atoms with Crippen LogP contribution in [0.4, 0.5) is 0 Å². The van der Waals surface area contributed by atoms with E-state index < -0.39 is 11.8 Å². The Morgan fingerprint density at radius 3 is 2.77 bits per heavy atom. The van der Waals surface area contributed by atoms with Gasteiger partial charge in [-0.1, -0.05) is 30.3 Å². The van der Waals surface area contributed by atoms with Crippen LogP contribution in [0.3, 0.4) is 0 Å². The van der Waals surface area contributed by atoms with E-state index in [1.807, 2.05) is 36.5 Å². The number of carbonyl (C=O) groups excluding carboxylic acids is 2. The Hall–Kier alpha value is -2.63. The molecule has 0 saturated carbocycles. The lowest BCUT2D eigenvalue weighted by atomic mass is 9.95. The number of rotatable bonds is 4. The molecule has 0 aliphatic carbocycles. The van der Waals surface area contributed by atoms with E-state index in [2.05, 4.69) is 5.10 Å². The molecule has 3 rings (SSSR count). The van der Waals surface area contributed by atoms with Gasteiger partial charge in [-0.3, -0.25) is 14.3 Å². The zero-order chi connectivity index (χ0) is 15.7. The third-order valence-electron chi connectivity index (χ3n) is 4.13. The largest absolute Gasteiger partial charge is 0.369 e. The second-order valence-electron chi connectivity index (χ2n) is 5.62. The van der Waals surface area contributed by atoms with Gasteiger partial charge in [0.15, 0.2) is 0 Å². The lowest BCUT2D eigenvalue weighted by Crippen LogP contribution is -2.30. The van der Waals surface area contributed by atoms with E-state index in [4.69, 9.17) is 5.73 Å². The molecule has 2 heterocycles. The fraction of sp³-hybridized carbons (Fsp3) is 0.312. The predicted molar refractivity (Wildman–Crippen MR) is 80.6 cm³/mol. The quantitative estimate of drug-likeness (QED) is 0.912. The van der Waals surface area contributed by atoms with Gasteiger partial charge in [-0.15, -0.1) is 0 Å². The highest BCUT2D eigenvalue weighted by Crippen LogP contribution is 2.36. The minimum absolute atomic E-state index is 0.0652. The van der Waals surface area contributed by atoms with Crippen molar-refractivity contribution in [2.75, 3.05) is 7.05 Å². The number of hydrogen-bond donors (Lipinski definition) is 1. The normalized spacial score (nSPS) is 21.3. The number of hydrogen-bond acceptors (Lipinski definition) is 3. The van der Waals surface area contributed by atoms with Crippen molar-refractivity contribution in [3.8, 4) is 0 Å².